The number of aromatic nitrogens is 2. The molecule has 0 bridgehead atoms. The van der Waals surface area contributed by atoms with E-state index in [9.17, 15) is 0 Å². The highest BCUT2D eigenvalue weighted by molar-refractivity contribution is 5.39. The summed E-state index contributed by atoms with van der Waals surface area (Å²) in [4.78, 5) is 4.27. The van der Waals surface area contributed by atoms with Crippen molar-refractivity contribution in [1.29, 1.82) is 0 Å². The molecule has 2 aromatic heterocycles. The van der Waals surface area contributed by atoms with Crippen LogP contribution < -0.4 is 5.32 Å². The highest BCUT2D eigenvalue weighted by Gasteiger charge is 2.00. The first-order valence-corrected chi connectivity index (χ1v) is 5.89. The molecule has 3 nitrogen and oxygen atoms in total. The maximum Gasteiger partial charge on any atom is 0.136 e. The summed E-state index contributed by atoms with van der Waals surface area (Å²) >= 11 is 0. The maximum absolute atomic E-state index is 4.27. The van der Waals surface area contributed by atoms with Crippen LogP contribution in [0.25, 0.3) is 5.65 Å². The molecule has 0 saturated carbocycles. The second-order valence-corrected chi connectivity index (χ2v) is 4.53. The van der Waals surface area contributed by atoms with E-state index >= 15 is 0 Å². The fraction of sp³-hybridized carbons (Fsp3) is 0.462. The highest BCUT2D eigenvalue weighted by Crippen LogP contribution is 2.05. The molecule has 0 saturated heterocycles. The fourth-order valence-corrected chi connectivity index (χ4v) is 1.76. The lowest BCUT2D eigenvalue weighted by Gasteiger charge is -2.08. The number of imidazole rings is 1. The molecule has 86 valence electrons. The van der Waals surface area contributed by atoms with Crippen LogP contribution in [-0.4, -0.2) is 15.9 Å². The van der Waals surface area contributed by atoms with Crippen molar-refractivity contribution in [3.05, 3.63) is 36.3 Å². The number of rotatable bonds is 5. The van der Waals surface area contributed by atoms with E-state index in [0.29, 0.717) is 0 Å². The molecule has 1 N–H and O–H groups in total. The molecule has 0 amide bonds. The van der Waals surface area contributed by atoms with Crippen LogP contribution in [0.3, 0.4) is 0 Å². The summed E-state index contributed by atoms with van der Waals surface area (Å²) in [7, 11) is 0. The number of hydrogen-bond donors (Lipinski definition) is 1. The van der Waals surface area contributed by atoms with Gasteiger partial charge in [-0.05, 0) is 31.0 Å². The van der Waals surface area contributed by atoms with Crippen LogP contribution in [0, 0.1) is 5.92 Å². The molecule has 0 aliphatic heterocycles. The van der Waals surface area contributed by atoms with Crippen LogP contribution in [0.1, 0.15) is 26.0 Å². The normalized spacial score (nSPS) is 11.4. The molecule has 16 heavy (non-hydrogen) atoms. The predicted molar refractivity (Wildman–Crippen MR) is 66.4 cm³/mol. The van der Waals surface area contributed by atoms with E-state index in [0.717, 1.165) is 24.7 Å². The van der Waals surface area contributed by atoms with Gasteiger partial charge >= 0.3 is 0 Å². The average molecular weight is 217 g/mol. The fourth-order valence-electron chi connectivity index (χ4n) is 1.76. The molecule has 0 aromatic carbocycles. The van der Waals surface area contributed by atoms with Gasteiger partial charge in [0.15, 0.2) is 0 Å². The Morgan fingerprint density at radius 1 is 1.38 bits per heavy atom. The topological polar surface area (TPSA) is 29.3 Å². The highest BCUT2D eigenvalue weighted by atomic mass is 15.0. The SMILES string of the molecule is CC(C)CCNCc1cccc2nccn12. The second kappa shape index (κ2) is 5.12. The summed E-state index contributed by atoms with van der Waals surface area (Å²) in [6, 6.07) is 6.22. The van der Waals surface area contributed by atoms with E-state index in [2.05, 4.69) is 40.7 Å². The van der Waals surface area contributed by atoms with Crippen LogP contribution in [0.15, 0.2) is 30.6 Å². The standard InChI is InChI=1S/C13H19N3/c1-11(2)6-7-14-10-12-4-3-5-13-15-8-9-16(12)13/h3-5,8-9,11,14H,6-7,10H2,1-2H3. The Labute approximate surface area is 96.5 Å². The van der Waals surface area contributed by atoms with Crippen molar-refractivity contribution >= 4 is 5.65 Å². The quantitative estimate of drug-likeness (QED) is 0.780. The van der Waals surface area contributed by atoms with Gasteiger partial charge in [0, 0.05) is 24.6 Å². The monoisotopic (exact) mass is 217 g/mol. The largest absolute Gasteiger partial charge is 0.311 e. The zero-order chi connectivity index (χ0) is 11.4. The van der Waals surface area contributed by atoms with Gasteiger partial charge in [-0.3, -0.25) is 0 Å². The minimum Gasteiger partial charge on any atom is -0.311 e. The van der Waals surface area contributed by atoms with Crippen molar-refractivity contribution < 1.29 is 0 Å². The van der Waals surface area contributed by atoms with Gasteiger partial charge in [0.05, 0.1) is 0 Å². The Bertz CT molecular complexity index is 445. The Balaban J connectivity index is 1.96. The number of nitrogens with zero attached hydrogens (tertiary/aromatic N) is 2. The van der Waals surface area contributed by atoms with Crippen molar-refractivity contribution in [2.75, 3.05) is 6.54 Å². The first-order chi connectivity index (χ1) is 7.77. The molecular formula is C13H19N3. The molecule has 0 aliphatic carbocycles. The molecule has 2 rings (SSSR count). The van der Waals surface area contributed by atoms with Crippen molar-refractivity contribution in [3.8, 4) is 0 Å². The van der Waals surface area contributed by atoms with E-state index in [1.807, 2.05) is 18.5 Å². The third-order valence-electron chi connectivity index (χ3n) is 2.72. The van der Waals surface area contributed by atoms with Crippen LogP contribution in [0.4, 0.5) is 0 Å². The molecule has 0 aliphatic rings. The van der Waals surface area contributed by atoms with Gasteiger partial charge in [-0.1, -0.05) is 19.9 Å². The molecule has 2 heterocycles. The number of nitrogens with one attached hydrogen (secondary N) is 1. The Kier molecular flexibility index (Phi) is 3.57. The number of pyridine rings is 1. The summed E-state index contributed by atoms with van der Waals surface area (Å²) < 4.78 is 2.13. The Hall–Kier alpha value is -1.35. The number of fused-ring (bicyclic) bond motifs is 1. The second-order valence-electron chi connectivity index (χ2n) is 4.53. The van der Waals surface area contributed by atoms with Gasteiger partial charge in [-0.15, -0.1) is 0 Å². The van der Waals surface area contributed by atoms with Gasteiger partial charge in [0.25, 0.3) is 0 Å². The first kappa shape index (κ1) is 11.1. The van der Waals surface area contributed by atoms with Gasteiger partial charge in [-0.25, -0.2) is 4.98 Å². The zero-order valence-electron chi connectivity index (χ0n) is 9.98. The Morgan fingerprint density at radius 2 is 2.25 bits per heavy atom. The van der Waals surface area contributed by atoms with E-state index < -0.39 is 0 Å². The minimum absolute atomic E-state index is 0.761. The summed E-state index contributed by atoms with van der Waals surface area (Å²) in [6.07, 6.45) is 5.07. The summed E-state index contributed by atoms with van der Waals surface area (Å²) in [5, 5.41) is 3.47. The third-order valence-corrected chi connectivity index (χ3v) is 2.72. The van der Waals surface area contributed by atoms with Crippen molar-refractivity contribution in [1.82, 2.24) is 14.7 Å². The average Bonchev–Trinajstić information content (AvgIpc) is 2.72. The van der Waals surface area contributed by atoms with Gasteiger partial charge in [0.2, 0.25) is 0 Å². The number of hydrogen-bond acceptors (Lipinski definition) is 2. The van der Waals surface area contributed by atoms with E-state index in [-0.39, 0.29) is 0 Å². The molecule has 3 heteroatoms. The lowest BCUT2D eigenvalue weighted by atomic mass is 10.1. The molecule has 0 radical (unpaired) electrons. The zero-order valence-corrected chi connectivity index (χ0v) is 9.98. The van der Waals surface area contributed by atoms with Crippen LogP contribution in [0.2, 0.25) is 0 Å². The van der Waals surface area contributed by atoms with Crippen molar-refractivity contribution in [2.24, 2.45) is 5.92 Å². The molecule has 0 unspecified atom stereocenters. The van der Waals surface area contributed by atoms with Gasteiger partial charge < -0.3 is 9.72 Å². The molecule has 2 aromatic rings. The van der Waals surface area contributed by atoms with Crippen molar-refractivity contribution in [2.45, 2.75) is 26.8 Å². The maximum atomic E-state index is 4.27. The molecule has 0 atom stereocenters. The summed E-state index contributed by atoms with van der Waals surface area (Å²) in [6.45, 7) is 6.47. The van der Waals surface area contributed by atoms with Gasteiger partial charge in [0.1, 0.15) is 5.65 Å². The van der Waals surface area contributed by atoms with E-state index in [4.69, 9.17) is 0 Å². The van der Waals surface area contributed by atoms with E-state index in [1.165, 1.54) is 12.1 Å². The molecule has 0 spiro atoms. The Morgan fingerprint density at radius 3 is 3.06 bits per heavy atom. The first-order valence-electron chi connectivity index (χ1n) is 5.89. The van der Waals surface area contributed by atoms with Crippen LogP contribution >= 0.6 is 0 Å². The molecular weight excluding hydrogens is 198 g/mol. The van der Waals surface area contributed by atoms with E-state index in [1.54, 1.807) is 0 Å². The summed E-state index contributed by atoms with van der Waals surface area (Å²) in [5.41, 5.74) is 2.28. The predicted octanol–water partition coefficient (Wildman–Crippen LogP) is 2.47. The summed E-state index contributed by atoms with van der Waals surface area (Å²) in [5.74, 6) is 0.761. The lowest BCUT2D eigenvalue weighted by Crippen LogP contribution is -2.17. The molecule has 0 fully saturated rings. The smallest absolute Gasteiger partial charge is 0.136 e. The lowest BCUT2D eigenvalue weighted by molar-refractivity contribution is 0.534. The minimum atomic E-state index is 0.761. The van der Waals surface area contributed by atoms with Crippen molar-refractivity contribution in [3.63, 3.8) is 0 Å². The van der Waals surface area contributed by atoms with Gasteiger partial charge in [-0.2, -0.15) is 0 Å². The van der Waals surface area contributed by atoms with Crippen LogP contribution in [-0.2, 0) is 6.54 Å². The third kappa shape index (κ3) is 2.61. The van der Waals surface area contributed by atoms with Crippen LogP contribution in [0.5, 0.6) is 0 Å².